The lowest BCUT2D eigenvalue weighted by molar-refractivity contribution is -0.119. The Morgan fingerprint density at radius 2 is 1.62 bits per heavy atom. The zero-order valence-corrected chi connectivity index (χ0v) is 18.7. The molecule has 1 amide bonds. The second-order valence-corrected chi connectivity index (χ2v) is 8.05. The van der Waals surface area contributed by atoms with Gasteiger partial charge in [-0.1, -0.05) is 65.1 Å². The van der Waals surface area contributed by atoms with E-state index in [0.29, 0.717) is 42.9 Å². The van der Waals surface area contributed by atoms with Crippen LogP contribution in [0, 0.1) is 0 Å². The van der Waals surface area contributed by atoms with Crippen LogP contribution in [0.1, 0.15) is 10.4 Å². The van der Waals surface area contributed by atoms with Crippen molar-refractivity contribution in [3.05, 3.63) is 93.4 Å². The average molecular weight is 486 g/mol. The zero-order valence-electron chi connectivity index (χ0n) is 16.4. The summed E-state index contributed by atoms with van der Waals surface area (Å²) < 4.78 is 5.27. The first-order chi connectivity index (χ1) is 15.4. The van der Waals surface area contributed by atoms with Crippen LogP contribution in [0.5, 0.6) is 0 Å². The Bertz CT molecular complexity index is 1340. The maximum Gasteiger partial charge on any atom is 0.339 e. The molecule has 3 aromatic carbocycles. The van der Waals surface area contributed by atoms with E-state index in [0.717, 1.165) is 0 Å². The number of nitrogens with one attached hydrogen (secondary N) is 1. The SMILES string of the molecule is O=C(COC(=O)c1cc(-c2ccc(Cl)cc2Cl)nc2ccccc12)Nc1ccccc1Cl. The number of fused-ring (bicyclic) bond motifs is 1. The van der Waals surface area contributed by atoms with Crippen LogP contribution < -0.4 is 5.32 Å². The van der Waals surface area contributed by atoms with Crippen molar-refractivity contribution in [1.82, 2.24) is 4.98 Å². The number of halogens is 3. The van der Waals surface area contributed by atoms with Gasteiger partial charge < -0.3 is 10.1 Å². The van der Waals surface area contributed by atoms with Crippen molar-refractivity contribution in [3.63, 3.8) is 0 Å². The average Bonchev–Trinajstić information content (AvgIpc) is 2.78. The van der Waals surface area contributed by atoms with E-state index in [9.17, 15) is 9.59 Å². The molecule has 4 aromatic rings. The van der Waals surface area contributed by atoms with Gasteiger partial charge in [-0.15, -0.1) is 0 Å². The molecule has 1 N–H and O–H groups in total. The fourth-order valence-corrected chi connectivity index (χ4v) is 3.83. The van der Waals surface area contributed by atoms with Gasteiger partial charge in [0.15, 0.2) is 6.61 Å². The summed E-state index contributed by atoms with van der Waals surface area (Å²) in [4.78, 5) is 29.7. The van der Waals surface area contributed by atoms with Gasteiger partial charge in [-0.3, -0.25) is 4.79 Å². The molecule has 0 radical (unpaired) electrons. The highest BCUT2D eigenvalue weighted by Crippen LogP contribution is 2.32. The summed E-state index contributed by atoms with van der Waals surface area (Å²) in [5.41, 5.74) is 2.39. The van der Waals surface area contributed by atoms with Crippen LogP contribution in [-0.4, -0.2) is 23.5 Å². The third-order valence-corrected chi connectivity index (χ3v) is 5.50. The Morgan fingerprint density at radius 3 is 2.41 bits per heavy atom. The highest BCUT2D eigenvalue weighted by atomic mass is 35.5. The molecule has 5 nitrogen and oxygen atoms in total. The van der Waals surface area contributed by atoms with E-state index in [-0.39, 0.29) is 5.56 Å². The summed E-state index contributed by atoms with van der Waals surface area (Å²) in [7, 11) is 0. The van der Waals surface area contributed by atoms with Gasteiger partial charge >= 0.3 is 5.97 Å². The number of aromatic nitrogens is 1. The highest BCUT2D eigenvalue weighted by molar-refractivity contribution is 6.36. The fourth-order valence-electron chi connectivity index (χ4n) is 3.14. The lowest BCUT2D eigenvalue weighted by Crippen LogP contribution is -2.21. The van der Waals surface area contributed by atoms with Gasteiger partial charge in [0.25, 0.3) is 5.91 Å². The zero-order chi connectivity index (χ0) is 22.7. The number of amides is 1. The van der Waals surface area contributed by atoms with Crippen LogP contribution >= 0.6 is 34.8 Å². The lowest BCUT2D eigenvalue weighted by atomic mass is 10.0. The molecule has 160 valence electrons. The van der Waals surface area contributed by atoms with Crippen LogP contribution in [0.25, 0.3) is 22.2 Å². The Balaban J connectivity index is 1.60. The van der Waals surface area contributed by atoms with Gasteiger partial charge in [0.2, 0.25) is 0 Å². The van der Waals surface area contributed by atoms with E-state index in [2.05, 4.69) is 10.3 Å². The summed E-state index contributed by atoms with van der Waals surface area (Å²) in [6, 6.07) is 20.5. The quantitative estimate of drug-likeness (QED) is 0.321. The van der Waals surface area contributed by atoms with Gasteiger partial charge in [0.1, 0.15) is 0 Å². The molecular weight excluding hydrogens is 471 g/mol. The van der Waals surface area contributed by atoms with Gasteiger partial charge in [-0.05, 0) is 42.5 Å². The summed E-state index contributed by atoms with van der Waals surface area (Å²) in [5.74, 6) is -1.17. The van der Waals surface area contributed by atoms with Crippen molar-refractivity contribution >= 4 is 63.3 Å². The first kappa shape index (κ1) is 22.1. The van der Waals surface area contributed by atoms with Gasteiger partial charge in [-0.2, -0.15) is 0 Å². The maximum absolute atomic E-state index is 12.9. The normalized spacial score (nSPS) is 10.7. The molecule has 0 fully saturated rings. The van der Waals surface area contributed by atoms with Crippen LogP contribution in [0.2, 0.25) is 15.1 Å². The van der Waals surface area contributed by atoms with Crippen molar-refractivity contribution < 1.29 is 14.3 Å². The van der Waals surface area contributed by atoms with Crippen molar-refractivity contribution in [1.29, 1.82) is 0 Å². The molecule has 4 rings (SSSR count). The summed E-state index contributed by atoms with van der Waals surface area (Å²) in [5, 5.41) is 4.49. The standard InChI is InChI=1S/C24H15Cl3N2O3/c25-14-9-10-16(19(27)11-14)22-12-17(15-5-1-3-7-20(15)28-22)24(31)32-13-23(30)29-21-8-4-2-6-18(21)26/h1-12H,13H2,(H,29,30). The van der Waals surface area contributed by atoms with E-state index < -0.39 is 18.5 Å². The number of benzene rings is 3. The highest BCUT2D eigenvalue weighted by Gasteiger charge is 2.18. The smallest absolute Gasteiger partial charge is 0.339 e. The number of carbonyl (C=O) groups excluding carboxylic acids is 2. The number of anilines is 1. The van der Waals surface area contributed by atoms with Crippen LogP contribution in [0.3, 0.4) is 0 Å². The van der Waals surface area contributed by atoms with Crippen molar-refractivity contribution in [2.45, 2.75) is 0 Å². The fraction of sp³-hybridized carbons (Fsp3) is 0.0417. The third-order valence-electron chi connectivity index (χ3n) is 4.63. The summed E-state index contributed by atoms with van der Waals surface area (Å²) >= 11 is 18.4. The molecular formula is C24H15Cl3N2O3. The van der Waals surface area contributed by atoms with Crippen molar-refractivity contribution in [2.24, 2.45) is 0 Å². The molecule has 8 heteroatoms. The predicted molar refractivity (Wildman–Crippen MR) is 128 cm³/mol. The number of carbonyl (C=O) groups is 2. The van der Waals surface area contributed by atoms with E-state index in [1.54, 1.807) is 66.7 Å². The topological polar surface area (TPSA) is 68.3 Å². The molecule has 0 saturated carbocycles. The molecule has 1 aromatic heterocycles. The molecule has 32 heavy (non-hydrogen) atoms. The third kappa shape index (κ3) is 4.86. The molecule has 0 atom stereocenters. The number of nitrogens with zero attached hydrogens (tertiary/aromatic N) is 1. The number of hydrogen-bond donors (Lipinski definition) is 1. The van der Waals surface area contributed by atoms with E-state index in [4.69, 9.17) is 39.5 Å². The molecule has 0 spiro atoms. The Hall–Kier alpha value is -3.12. The largest absolute Gasteiger partial charge is 0.452 e. The Kier molecular flexibility index (Phi) is 6.61. The molecule has 0 bridgehead atoms. The Labute approximate surface area is 198 Å². The Morgan fingerprint density at radius 1 is 0.875 bits per heavy atom. The van der Waals surface area contributed by atoms with Crippen LogP contribution in [0.4, 0.5) is 5.69 Å². The van der Waals surface area contributed by atoms with Crippen molar-refractivity contribution in [2.75, 3.05) is 11.9 Å². The second-order valence-electron chi connectivity index (χ2n) is 6.80. The molecule has 0 aliphatic carbocycles. The number of rotatable bonds is 5. The number of hydrogen-bond acceptors (Lipinski definition) is 4. The van der Waals surface area contributed by atoms with E-state index >= 15 is 0 Å². The minimum atomic E-state index is -0.663. The lowest BCUT2D eigenvalue weighted by Gasteiger charge is -2.11. The number of pyridine rings is 1. The molecule has 0 unspecified atom stereocenters. The minimum Gasteiger partial charge on any atom is -0.452 e. The number of para-hydroxylation sites is 2. The minimum absolute atomic E-state index is 0.266. The van der Waals surface area contributed by atoms with Gasteiger partial charge in [-0.25, -0.2) is 9.78 Å². The first-order valence-corrected chi connectivity index (χ1v) is 10.6. The first-order valence-electron chi connectivity index (χ1n) is 9.49. The van der Waals surface area contributed by atoms with E-state index in [1.165, 1.54) is 0 Å². The maximum atomic E-state index is 12.9. The molecule has 0 aliphatic rings. The summed E-state index contributed by atoms with van der Waals surface area (Å²) in [6.07, 6.45) is 0. The van der Waals surface area contributed by atoms with E-state index in [1.807, 2.05) is 6.07 Å². The molecule has 0 saturated heterocycles. The predicted octanol–water partition coefficient (Wildman–Crippen LogP) is 6.66. The van der Waals surface area contributed by atoms with Crippen LogP contribution in [-0.2, 0) is 9.53 Å². The van der Waals surface area contributed by atoms with Crippen molar-refractivity contribution in [3.8, 4) is 11.3 Å². The molecule has 1 heterocycles. The van der Waals surface area contributed by atoms with Gasteiger partial charge in [0.05, 0.1) is 32.5 Å². The monoisotopic (exact) mass is 484 g/mol. The number of ether oxygens (including phenoxy) is 1. The summed E-state index contributed by atoms with van der Waals surface area (Å²) in [6.45, 7) is -0.474. The number of esters is 1. The van der Waals surface area contributed by atoms with Gasteiger partial charge in [0, 0.05) is 16.0 Å². The second kappa shape index (κ2) is 9.57. The molecule has 0 aliphatic heterocycles. The van der Waals surface area contributed by atoms with Crippen LogP contribution in [0.15, 0.2) is 72.8 Å².